The van der Waals surface area contributed by atoms with Crippen LogP contribution in [0.2, 0.25) is 0 Å². The van der Waals surface area contributed by atoms with Gasteiger partial charge in [-0.2, -0.15) is 0 Å². The minimum Gasteiger partial charge on any atom is -0.476 e. The van der Waals surface area contributed by atoms with Gasteiger partial charge in [-0.1, -0.05) is 6.07 Å². The molecule has 20 heavy (non-hydrogen) atoms. The van der Waals surface area contributed by atoms with Gasteiger partial charge in [0.15, 0.2) is 11.5 Å². The molecule has 1 fully saturated rings. The summed E-state index contributed by atoms with van der Waals surface area (Å²) in [5.41, 5.74) is 0.602. The van der Waals surface area contributed by atoms with E-state index in [2.05, 4.69) is 10.3 Å². The summed E-state index contributed by atoms with van der Waals surface area (Å²) in [7, 11) is 1.70. The van der Waals surface area contributed by atoms with Crippen molar-refractivity contribution in [1.82, 2.24) is 9.38 Å². The topological polar surface area (TPSA) is 75.9 Å². The van der Waals surface area contributed by atoms with Crippen molar-refractivity contribution in [1.29, 1.82) is 0 Å². The van der Waals surface area contributed by atoms with Gasteiger partial charge in [-0.3, -0.25) is 4.40 Å². The molecule has 0 bridgehead atoms. The van der Waals surface area contributed by atoms with Crippen LogP contribution in [0.15, 0.2) is 24.4 Å². The number of methoxy groups -OCH3 is 1. The molecule has 106 valence electrons. The quantitative estimate of drug-likeness (QED) is 0.873. The van der Waals surface area contributed by atoms with E-state index in [0.717, 1.165) is 19.3 Å². The van der Waals surface area contributed by atoms with Crippen molar-refractivity contribution in [2.75, 3.05) is 19.0 Å². The number of fused-ring (bicyclic) bond motifs is 1. The fraction of sp³-hybridized carbons (Fsp3) is 0.429. The summed E-state index contributed by atoms with van der Waals surface area (Å²) < 4.78 is 7.10. The second-order valence-corrected chi connectivity index (χ2v) is 5.14. The molecule has 1 aliphatic rings. The number of hydrogen-bond acceptors (Lipinski definition) is 4. The van der Waals surface area contributed by atoms with Crippen LogP contribution in [-0.2, 0) is 4.74 Å². The molecular formula is C14H17N3O3. The number of rotatable bonds is 5. The summed E-state index contributed by atoms with van der Waals surface area (Å²) in [6.45, 7) is 0.577. The Morgan fingerprint density at radius 1 is 1.55 bits per heavy atom. The Balaban J connectivity index is 1.90. The number of ether oxygens (including phenoxy) is 1. The molecule has 6 nitrogen and oxygen atoms in total. The van der Waals surface area contributed by atoms with E-state index in [0.29, 0.717) is 18.0 Å². The number of carbonyl (C=O) groups is 1. The molecule has 0 atom stereocenters. The van der Waals surface area contributed by atoms with Crippen LogP contribution in [0.1, 0.15) is 29.8 Å². The average molecular weight is 275 g/mol. The van der Waals surface area contributed by atoms with E-state index < -0.39 is 5.97 Å². The first-order valence-corrected chi connectivity index (χ1v) is 6.65. The number of nitrogens with one attached hydrogen (secondary N) is 1. The average Bonchev–Trinajstić information content (AvgIpc) is 2.76. The van der Waals surface area contributed by atoms with E-state index in [1.165, 1.54) is 0 Å². The highest BCUT2D eigenvalue weighted by Crippen LogP contribution is 2.35. The van der Waals surface area contributed by atoms with E-state index >= 15 is 0 Å². The molecule has 0 aromatic carbocycles. The fourth-order valence-corrected chi connectivity index (χ4v) is 2.59. The molecule has 2 N–H and O–H groups in total. The summed E-state index contributed by atoms with van der Waals surface area (Å²) in [6.07, 6.45) is 4.83. The first kappa shape index (κ1) is 12.9. The van der Waals surface area contributed by atoms with E-state index in [1.54, 1.807) is 29.8 Å². The molecule has 0 radical (unpaired) electrons. The zero-order chi connectivity index (χ0) is 14.2. The molecule has 2 aromatic heterocycles. The Morgan fingerprint density at radius 2 is 2.35 bits per heavy atom. The maximum atomic E-state index is 11.4. The van der Waals surface area contributed by atoms with Crippen molar-refractivity contribution >= 4 is 17.4 Å². The fourth-order valence-electron chi connectivity index (χ4n) is 2.59. The van der Waals surface area contributed by atoms with Crippen LogP contribution in [0.5, 0.6) is 0 Å². The molecule has 0 aliphatic heterocycles. The molecule has 2 heterocycles. The molecular weight excluding hydrogens is 258 g/mol. The SMILES string of the molecule is COC1(CNc2nc3ccccn3c2C(=O)O)CCC1. The third kappa shape index (κ3) is 2.02. The van der Waals surface area contributed by atoms with Gasteiger partial charge in [0.05, 0.1) is 5.60 Å². The lowest BCUT2D eigenvalue weighted by Gasteiger charge is -2.40. The number of hydrogen-bond donors (Lipinski definition) is 2. The van der Waals surface area contributed by atoms with Gasteiger partial charge in [-0.25, -0.2) is 9.78 Å². The first-order valence-electron chi connectivity index (χ1n) is 6.65. The molecule has 0 amide bonds. The van der Waals surface area contributed by atoms with Crippen LogP contribution in [0.3, 0.4) is 0 Å². The predicted molar refractivity (Wildman–Crippen MR) is 74.2 cm³/mol. The molecule has 3 rings (SSSR count). The van der Waals surface area contributed by atoms with E-state index in [-0.39, 0.29) is 11.3 Å². The third-order valence-corrected chi connectivity index (χ3v) is 4.01. The van der Waals surface area contributed by atoms with Crippen LogP contribution in [-0.4, -0.2) is 39.7 Å². The van der Waals surface area contributed by atoms with Gasteiger partial charge in [0.1, 0.15) is 5.65 Å². The first-order chi connectivity index (χ1) is 9.65. The third-order valence-electron chi connectivity index (χ3n) is 4.01. The number of anilines is 1. The van der Waals surface area contributed by atoms with Crippen molar-refractivity contribution in [3.8, 4) is 0 Å². The molecule has 2 aromatic rings. The standard InChI is InChI=1S/C14H17N3O3/c1-20-14(6-4-7-14)9-15-12-11(13(18)19)17-8-3-2-5-10(17)16-12/h2-3,5,8,15H,4,6-7,9H2,1H3,(H,18,19). The molecule has 0 unspecified atom stereocenters. The largest absolute Gasteiger partial charge is 0.476 e. The molecule has 0 spiro atoms. The summed E-state index contributed by atoms with van der Waals surface area (Å²) >= 11 is 0. The molecule has 1 saturated carbocycles. The Morgan fingerprint density at radius 3 is 2.95 bits per heavy atom. The number of aromatic carboxylic acids is 1. The zero-order valence-electron chi connectivity index (χ0n) is 11.3. The van der Waals surface area contributed by atoms with Gasteiger partial charge in [0, 0.05) is 19.9 Å². The number of aromatic nitrogens is 2. The number of imidazole rings is 1. The molecule has 6 heteroatoms. The van der Waals surface area contributed by atoms with Crippen LogP contribution >= 0.6 is 0 Å². The van der Waals surface area contributed by atoms with Gasteiger partial charge in [0.2, 0.25) is 0 Å². The van der Waals surface area contributed by atoms with Crippen molar-refractivity contribution in [2.45, 2.75) is 24.9 Å². The number of pyridine rings is 1. The lowest BCUT2D eigenvalue weighted by Crippen LogP contribution is -2.45. The van der Waals surface area contributed by atoms with E-state index in [1.807, 2.05) is 6.07 Å². The maximum absolute atomic E-state index is 11.4. The van der Waals surface area contributed by atoms with Gasteiger partial charge in [-0.05, 0) is 31.4 Å². The predicted octanol–water partition coefficient (Wildman–Crippen LogP) is 2.01. The molecule has 1 aliphatic carbocycles. The number of carboxylic acid groups (broad SMARTS) is 1. The highest BCUT2D eigenvalue weighted by Gasteiger charge is 2.37. The monoisotopic (exact) mass is 275 g/mol. The van der Waals surface area contributed by atoms with Crippen LogP contribution < -0.4 is 5.32 Å². The van der Waals surface area contributed by atoms with E-state index in [4.69, 9.17) is 4.74 Å². The summed E-state index contributed by atoms with van der Waals surface area (Å²) in [4.78, 5) is 15.8. The lowest BCUT2D eigenvalue weighted by atomic mass is 9.80. The van der Waals surface area contributed by atoms with Gasteiger partial charge in [0.25, 0.3) is 0 Å². The highest BCUT2D eigenvalue weighted by atomic mass is 16.5. The minimum atomic E-state index is -0.994. The Hall–Kier alpha value is -2.08. The number of nitrogens with zero attached hydrogens (tertiary/aromatic N) is 2. The van der Waals surface area contributed by atoms with Crippen LogP contribution in [0.4, 0.5) is 5.82 Å². The van der Waals surface area contributed by atoms with Crippen LogP contribution in [0.25, 0.3) is 5.65 Å². The molecule has 0 saturated heterocycles. The van der Waals surface area contributed by atoms with Crippen LogP contribution in [0, 0.1) is 0 Å². The zero-order valence-corrected chi connectivity index (χ0v) is 11.3. The lowest BCUT2D eigenvalue weighted by molar-refractivity contribution is -0.0601. The summed E-state index contributed by atoms with van der Waals surface area (Å²) in [5, 5.41) is 12.5. The second kappa shape index (κ2) is 4.79. The maximum Gasteiger partial charge on any atom is 0.356 e. The van der Waals surface area contributed by atoms with Gasteiger partial charge >= 0.3 is 5.97 Å². The second-order valence-electron chi connectivity index (χ2n) is 5.14. The van der Waals surface area contributed by atoms with E-state index in [9.17, 15) is 9.90 Å². The summed E-state index contributed by atoms with van der Waals surface area (Å²) in [6, 6.07) is 5.40. The minimum absolute atomic E-state index is 0.158. The highest BCUT2D eigenvalue weighted by molar-refractivity contribution is 5.92. The van der Waals surface area contributed by atoms with Crippen molar-refractivity contribution in [2.24, 2.45) is 0 Å². The van der Waals surface area contributed by atoms with Gasteiger partial charge in [-0.15, -0.1) is 0 Å². The Labute approximate surface area is 116 Å². The van der Waals surface area contributed by atoms with Crippen molar-refractivity contribution in [3.05, 3.63) is 30.1 Å². The Kier molecular flexibility index (Phi) is 3.10. The smallest absolute Gasteiger partial charge is 0.356 e. The van der Waals surface area contributed by atoms with Crippen molar-refractivity contribution < 1.29 is 14.6 Å². The van der Waals surface area contributed by atoms with Gasteiger partial charge < -0.3 is 15.2 Å². The Bertz CT molecular complexity index is 641. The van der Waals surface area contributed by atoms with Crippen molar-refractivity contribution in [3.63, 3.8) is 0 Å². The number of carboxylic acids is 1. The normalized spacial score (nSPS) is 16.9. The summed E-state index contributed by atoms with van der Waals surface area (Å²) in [5.74, 6) is -0.599.